The number of likely N-dealkylation sites (tertiary alicyclic amines) is 1. The van der Waals surface area contributed by atoms with Gasteiger partial charge in [0, 0.05) is 12.6 Å². The van der Waals surface area contributed by atoms with E-state index in [1.54, 1.807) is 0 Å². The summed E-state index contributed by atoms with van der Waals surface area (Å²) in [4.78, 5) is 13.4. The van der Waals surface area contributed by atoms with Crippen molar-refractivity contribution in [3.05, 3.63) is 0 Å². The summed E-state index contributed by atoms with van der Waals surface area (Å²) in [7, 11) is 1.81. The SMILES string of the molecule is CN1CCC(N(CC(=O)O)CC(F)(F)F)C1. The maximum Gasteiger partial charge on any atom is 0.401 e. The topological polar surface area (TPSA) is 43.8 Å². The molecule has 1 saturated heterocycles. The quantitative estimate of drug-likeness (QED) is 0.783. The van der Waals surface area contributed by atoms with E-state index in [2.05, 4.69) is 0 Å². The van der Waals surface area contributed by atoms with Crippen molar-refractivity contribution >= 4 is 5.97 Å². The Bertz CT molecular complexity index is 258. The van der Waals surface area contributed by atoms with Crippen LogP contribution in [0.3, 0.4) is 0 Å². The second-order valence-electron chi connectivity index (χ2n) is 4.12. The lowest BCUT2D eigenvalue weighted by Crippen LogP contribution is -2.45. The fraction of sp³-hybridized carbons (Fsp3) is 0.889. The highest BCUT2D eigenvalue weighted by atomic mass is 19.4. The molecule has 0 saturated carbocycles. The number of carboxylic acids is 1. The van der Waals surface area contributed by atoms with Gasteiger partial charge in [0.15, 0.2) is 0 Å². The number of carbonyl (C=O) groups is 1. The Labute approximate surface area is 91.6 Å². The predicted octanol–water partition coefficient (Wildman–Crippen LogP) is 0.639. The second-order valence-corrected chi connectivity index (χ2v) is 4.12. The molecular weight excluding hydrogens is 225 g/mol. The van der Waals surface area contributed by atoms with Crippen LogP contribution in [-0.2, 0) is 4.79 Å². The number of alkyl halides is 3. The van der Waals surface area contributed by atoms with E-state index in [-0.39, 0.29) is 6.04 Å². The summed E-state index contributed by atoms with van der Waals surface area (Å²) >= 11 is 0. The molecule has 0 radical (unpaired) electrons. The summed E-state index contributed by atoms with van der Waals surface area (Å²) < 4.78 is 36.8. The van der Waals surface area contributed by atoms with Crippen LogP contribution in [0.5, 0.6) is 0 Å². The van der Waals surface area contributed by atoms with Gasteiger partial charge in [0.1, 0.15) is 0 Å². The molecule has 94 valence electrons. The zero-order valence-corrected chi connectivity index (χ0v) is 9.00. The molecule has 4 nitrogen and oxygen atoms in total. The lowest BCUT2D eigenvalue weighted by molar-refractivity contribution is -0.157. The average Bonchev–Trinajstić information content (AvgIpc) is 2.47. The lowest BCUT2D eigenvalue weighted by Gasteiger charge is -2.27. The summed E-state index contributed by atoms with van der Waals surface area (Å²) in [5, 5.41) is 8.58. The number of nitrogens with zero attached hydrogens (tertiary/aromatic N) is 2. The van der Waals surface area contributed by atoms with Crippen LogP contribution >= 0.6 is 0 Å². The summed E-state index contributed by atoms with van der Waals surface area (Å²) in [5.74, 6) is -1.22. The van der Waals surface area contributed by atoms with Gasteiger partial charge in [-0.25, -0.2) is 0 Å². The fourth-order valence-electron chi connectivity index (χ4n) is 1.93. The van der Waals surface area contributed by atoms with Crippen LogP contribution in [0.1, 0.15) is 6.42 Å². The number of carboxylic acid groups (broad SMARTS) is 1. The zero-order valence-electron chi connectivity index (χ0n) is 9.00. The molecular formula is C9H15F3N2O2. The van der Waals surface area contributed by atoms with Crippen LogP contribution in [-0.4, -0.2) is 66.3 Å². The van der Waals surface area contributed by atoms with Crippen LogP contribution in [0.2, 0.25) is 0 Å². The van der Waals surface area contributed by atoms with Gasteiger partial charge in [0.05, 0.1) is 13.1 Å². The Balaban J connectivity index is 2.60. The van der Waals surface area contributed by atoms with Crippen molar-refractivity contribution in [2.24, 2.45) is 0 Å². The third-order valence-electron chi connectivity index (χ3n) is 2.60. The van der Waals surface area contributed by atoms with Gasteiger partial charge < -0.3 is 10.0 Å². The van der Waals surface area contributed by atoms with Crippen molar-refractivity contribution < 1.29 is 23.1 Å². The van der Waals surface area contributed by atoms with Crippen molar-refractivity contribution in [3.8, 4) is 0 Å². The summed E-state index contributed by atoms with van der Waals surface area (Å²) in [6.07, 6.45) is -3.77. The number of aliphatic carboxylic acids is 1. The van der Waals surface area contributed by atoms with Gasteiger partial charge in [0.2, 0.25) is 0 Å². The largest absolute Gasteiger partial charge is 0.480 e. The molecule has 1 unspecified atom stereocenters. The number of rotatable bonds is 4. The van der Waals surface area contributed by atoms with Crippen LogP contribution in [0.4, 0.5) is 13.2 Å². The Morgan fingerprint density at radius 3 is 2.56 bits per heavy atom. The van der Waals surface area contributed by atoms with Crippen molar-refractivity contribution in [2.45, 2.75) is 18.6 Å². The highest BCUT2D eigenvalue weighted by Crippen LogP contribution is 2.21. The smallest absolute Gasteiger partial charge is 0.401 e. The molecule has 1 fully saturated rings. The Morgan fingerprint density at radius 1 is 1.56 bits per heavy atom. The van der Waals surface area contributed by atoms with Gasteiger partial charge in [-0.3, -0.25) is 9.69 Å². The molecule has 0 aromatic heterocycles. The van der Waals surface area contributed by atoms with Gasteiger partial charge in [-0.2, -0.15) is 13.2 Å². The zero-order chi connectivity index (χ0) is 12.3. The van der Waals surface area contributed by atoms with Crippen LogP contribution in [0.25, 0.3) is 0 Å². The molecule has 0 aromatic carbocycles. The van der Waals surface area contributed by atoms with Crippen molar-refractivity contribution in [1.82, 2.24) is 9.80 Å². The molecule has 0 aliphatic carbocycles. The summed E-state index contributed by atoms with van der Waals surface area (Å²) in [6, 6.07) is -0.317. The first-order chi connectivity index (χ1) is 7.28. The van der Waals surface area contributed by atoms with Crippen LogP contribution in [0.15, 0.2) is 0 Å². The molecule has 1 N–H and O–H groups in total. The Kier molecular flexibility index (Phi) is 4.15. The number of hydrogen-bond donors (Lipinski definition) is 1. The molecule has 7 heteroatoms. The fourth-order valence-corrected chi connectivity index (χ4v) is 1.93. The van der Waals surface area contributed by atoms with E-state index in [0.717, 1.165) is 4.90 Å². The van der Waals surface area contributed by atoms with E-state index in [1.165, 1.54) is 0 Å². The number of likely N-dealkylation sites (N-methyl/N-ethyl adjacent to an activating group) is 1. The second kappa shape index (κ2) is 5.01. The van der Waals surface area contributed by atoms with E-state index in [0.29, 0.717) is 19.5 Å². The number of halogens is 3. The molecule has 0 spiro atoms. The first kappa shape index (κ1) is 13.2. The molecule has 1 rings (SSSR count). The van der Waals surface area contributed by atoms with E-state index < -0.39 is 25.2 Å². The minimum atomic E-state index is -4.35. The normalized spacial score (nSPS) is 22.9. The predicted molar refractivity (Wildman–Crippen MR) is 51.2 cm³/mol. The van der Waals surface area contributed by atoms with Gasteiger partial charge in [0.25, 0.3) is 0 Å². The van der Waals surface area contributed by atoms with E-state index in [1.807, 2.05) is 11.9 Å². The van der Waals surface area contributed by atoms with Crippen LogP contribution < -0.4 is 0 Å². The Morgan fingerprint density at radius 2 is 2.19 bits per heavy atom. The third kappa shape index (κ3) is 4.36. The van der Waals surface area contributed by atoms with Crippen molar-refractivity contribution in [3.63, 3.8) is 0 Å². The van der Waals surface area contributed by atoms with Gasteiger partial charge in [-0.05, 0) is 20.0 Å². The van der Waals surface area contributed by atoms with Gasteiger partial charge >= 0.3 is 12.1 Å². The lowest BCUT2D eigenvalue weighted by atomic mass is 10.2. The molecule has 1 heterocycles. The van der Waals surface area contributed by atoms with Crippen molar-refractivity contribution in [1.29, 1.82) is 0 Å². The van der Waals surface area contributed by atoms with Crippen molar-refractivity contribution in [2.75, 3.05) is 33.2 Å². The third-order valence-corrected chi connectivity index (χ3v) is 2.60. The molecule has 0 amide bonds. The van der Waals surface area contributed by atoms with Crippen LogP contribution in [0, 0.1) is 0 Å². The minimum Gasteiger partial charge on any atom is -0.480 e. The maximum atomic E-state index is 12.3. The molecule has 0 aromatic rings. The first-order valence-electron chi connectivity index (χ1n) is 4.99. The monoisotopic (exact) mass is 240 g/mol. The summed E-state index contributed by atoms with van der Waals surface area (Å²) in [6.45, 7) is -0.516. The molecule has 1 aliphatic heterocycles. The Hall–Kier alpha value is -0.820. The molecule has 16 heavy (non-hydrogen) atoms. The number of hydrogen-bond acceptors (Lipinski definition) is 3. The van der Waals surface area contributed by atoms with Gasteiger partial charge in [-0.1, -0.05) is 0 Å². The highest BCUT2D eigenvalue weighted by molar-refractivity contribution is 5.69. The van der Waals surface area contributed by atoms with Gasteiger partial charge in [-0.15, -0.1) is 0 Å². The average molecular weight is 240 g/mol. The van der Waals surface area contributed by atoms with E-state index in [9.17, 15) is 18.0 Å². The highest BCUT2D eigenvalue weighted by Gasteiger charge is 2.36. The maximum absolute atomic E-state index is 12.3. The minimum absolute atomic E-state index is 0.317. The van der Waals surface area contributed by atoms with E-state index >= 15 is 0 Å². The molecule has 1 atom stereocenters. The standard InChI is InChI=1S/C9H15F3N2O2/c1-13-3-2-7(4-13)14(5-8(15)16)6-9(10,11)12/h7H,2-6H2,1H3,(H,15,16). The first-order valence-corrected chi connectivity index (χ1v) is 4.99. The molecule has 0 bridgehead atoms. The summed E-state index contributed by atoms with van der Waals surface area (Å²) in [5.41, 5.74) is 0. The molecule has 1 aliphatic rings. The van der Waals surface area contributed by atoms with E-state index in [4.69, 9.17) is 5.11 Å².